The van der Waals surface area contributed by atoms with Crippen LogP contribution < -0.4 is 5.32 Å². The van der Waals surface area contributed by atoms with E-state index in [-0.39, 0.29) is 17.7 Å². The number of hydrogen-bond donors (Lipinski definition) is 1. The summed E-state index contributed by atoms with van der Waals surface area (Å²) in [6.07, 6.45) is 4.19. The summed E-state index contributed by atoms with van der Waals surface area (Å²) >= 11 is 0. The summed E-state index contributed by atoms with van der Waals surface area (Å²) in [5.74, 6) is 0.521. The molecule has 1 aliphatic carbocycles. The zero-order chi connectivity index (χ0) is 15.7. The van der Waals surface area contributed by atoms with Gasteiger partial charge in [-0.15, -0.1) is 0 Å². The monoisotopic (exact) mass is 306 g/mol. The van der Waals surface area contributed by atoms with E-state index >= 15 is 0 Å². The molecule has 2 heterocycles. The first kappa shape index (κ1) is 15.5. The molecule has 1 amide bonds. The molecule has 0 radical (unpaired) electrons. The molecule has 2 atom stereocenters. The van der Waals surface area contributed by atoms with E-state index in [0.717, 1.165) is 32.5 Å². The molecule has 22 heavy (non-hydrogen) atoms. The second-order valence-electron chi connectivity index (χ2n) is 6.68. The van der Waals surface area contributed by atoms with Crippen molar-refractivity contribution in [2.45, 2.75) is 32.4 Å². The van der Waals surface area contributed by atoms with Gasteiger partial charge in [0, 0.05) is 57.0 Å². The van der Waals surface area contributed by atoms with E-state index in [2.05, 4.69) is 22.2 Å². The molecule has 0 unspecified atom stereocenters. The molecule has 6 nitrogen and oxygen atoms in total. The predicted molar refractivity (Wildman–Crippen MR) is 83.2 cm³/mol. The van der Waals surface area contributed by atoms with E-state index in [1.165, 1.54) is 11.3 Å². The molecule has 0 bridgehead atoms. The third-order valence-corrected chi connectivity index (χ3v) is 4.89. The molecule has 122 valence electrons. The molecular weight excluding hydrogens is 280 g/mol. The Balaban J connectivity index is 1.64. The lowest BCUT2D eigenvalue weighted by molar-refractivity contribution is -0.126. The van der Waals surface area contributed by atoms with Gasteiger partial charge in [0.1, 0.15) is 0 Å². The molecular formula is C16H26N4O2. The fourth-order valence-electron chi connectivity index (χ4n) is 3.25. The van der Waals surface area contributed by atoms with Crippen LogP contribution in [0.5, 0.6) is 0 Å². The van der Waals surface area contributed by atoms with Crippen LogP contribution in [0.2, 0.25) is 0 Å². The van der Waals surface area contributed by atoms with E-state index < -0.39 is 0 Å². The summed E-state index contributed by atoms with van der Waals surface area (Å²) < 4.78 is 7.23. The molecule has 2 fully saturated rings. The molecule has 1 N–H and O–H groups in total. The Labute approximate surface area is 131 Å². The minimum atomic E-state index is 0.0394. The van der Waals surface area contributed by atoms with E-state index in [9.17, 15) is 4.79 Å². The Morgan fingerprint density at radius 1 is 1.45 bits per heavy atom. The van der Waals surface area contributed by atoms with Crippen molar-refractivity contribution >= 4 is 5.91 Å². The molecule has 6 heteroatoms. The molecule has 1 saturated carbocycles. The number of nitrogens with zero attached hydrogens (tertiary/aromatic N) is 3. The average Bonchev–Trinajstić information content (AvgIpc) is 3.13. The quantitative estimate of drug-likeness (QED) is 0.840. The van der Waals surface area contributed by atoms with Crippen LogP contribution in [0.15, 0.2) is 6.20 Å². The fraction of sp³-hybridized carbons (Fsp3) is 0.750. The summed E-state index contributed by atoms with van der Waals surface area (Å²) in [4.78, 5) is 14.8. The maximum absolute atomic E-state index is 12.4. The van der Waals surface area contributed by atoms with Gasteiger partial charge in [0.15, 0.2) is 0 Å². The van der Waals surface area contributed by atoms with Crippen LogP contribution in [0.4, 0.5) is 0 Å². The predicted octanol–water partition coefficient (Wildman–Crippen LogP) is 0.702. The van der Waals surface area contributed by atoms with Crippen LogP contribution in [-0.2, 0) is 23.1 Å². The number of likely N-dealkylation sites (tertiary alicyclic amines) is 1. The lowest BCUT2D eigenvalue weighted by Crippen LogP contribution is -2.37. The first-order valence-corrected chi connectivity index (χ1v) is 8.07. The van der Waals surface area contributed by atoms with Crippen LogP contribution in [0.1, 0.15) is 24.1 Å². The maximum atomic E-state index is 12.4. The van der Waals surface area contributed by atoms with Crippen LogP contribution in [0.3, 0.4) is 0 Å². The highest BCUT2D eigenvalue weighted by atomic mass is 16.5. The average molecular weight is 306 g/mol. The van der Waals surface area contributed by atoms with Gasteiger partial charge in [0.05, 0.1) is 18.7 Å². The van der Waals surface area contributed by atoms with Crippen molar-refractivity contribution in [3.05, 3.63) is 17.5 Å². The van der Waals surface area contributed by atoms with Crippen molar-refractivity contribution in [3.63, 3.8) is 0 Å². The van der Waals surface area contributed by atoms with Gasteiger partial charge in [-0.25, -0.2) is 0 Å². The van der Waals surface area contributed by atoms with Gasteiger partial charge < -0.3 is 10.1 Å². The molecule has 3 rings (SSSR count). The zero-order valence-corrected chi connectivity index (χ0v) is 13.7. The van der Waals surface area contributed by atoms with Crippen molar-refractivity contribution in [1.82, 2.24) is 20.0 Å². The SMILES string of the molecule is COC[C@@H]1CN(Cc2cnn(C)c2C)C[C@H]1C(=O)NC1CC1. The van der Waals surface area contributed by atoms with Crippen LogP contribution in [-0.4, -0.2) is 53.4 Å². The molecule has 0 aromatic carbocycles. The van der Waals surface area contributed by atoms with E-state index in [1.54, 1.807) is 7.11 Å². The third-order valence-electron chi connectivity index (χ3n) is 4.89. The van der Waals surface area contributed by atoms with Gasteiger partial charge in [-0.2, -0.15) is 5.10 Å². The van der Waals surface area contributed by atoms with Crippen LogP contribution in [0, 0.1) is 18.8 Å². The number of nitrogens with one attached hydrogen (secondary N) is 1. The molecule has 0 spiro atoms. The standard InChI is InChI=1S/C16H26N4O2/c1-11-12(6-17-19(11)2)7-20-8-13(10-22-3)15(9-20)16(21)18-14-4-5-14/h6,13-15H,4-5,7-10H2,1-3H3,(H,18,21)/t13-,15+/m0/s1. The van der Waals surface area contributed by atoms with E-state index in [4.69, 9.17) is 4.74 Å². The summed E-state index contributed by atoms with van der Waals surface area (Å²) in [6.45, 7) is 5.30. The Morgan fingerprint density at radius 3 is 2.82 bits per heavy atom. The fourth-order valence-corrected chi connectivity index (χ4v) is 3.25. The second-order valence-corrected chi connectivity index (χ2v) is 6.68. The third kappa shape index (κ3) is 3.33. The maximum Gasteiger partial charge on any atom is 0.225 e. The Kier molecular flexibility index (Phi) is 4.49. The van der Waals surface area contributed by atoms with E-state index in [0.29, 0.717) is 12.6 Å². The summed E-state index contributed by atoms with van der Waals surface area (Å²) in [5, 5.41) is 7.45. The number of rotatable bonds is 6. The Hall–Kier alpha value is -1.40. The highest BCUT2D eigenvalue weighted by Crippen LogP contribution is 2.28. The van der Waals surface area contributed by atoms with Gasteiger partial charge >= 0.3 is 0 Å². The van der Waals surface area contributed by atoms with Crippen molar-refractivity contribution < 1.29 is 9.53 Å². The highest BCUT2D eigenvalue weighted by Gasteiger charge is 2.39. The molecule has 1 saturated heterocycles. The zero-order valence-electron chi connectivity index (χ0n) is 13.7. The summed E-state index contributed by atoms with van der Waals surface area (Å²) in [5.41, 5.74) is 2.43. The van der Waals surface area contributed by atoms with Gasteiger partial charge in [-0.1, -0.05) is 0 Å². The minimum absolute atomic E-state index is 0.0394. The van der Waals surface area contributed by atoms with Crippen LogP contribution >= 0.6 is 0 Å². The van der Waals surface area contributed by atoms with Crippen molar-refractivity contribution in [2.75, 3.05) is 26.8 Å². The molecule has 1 aliphatic heterocycles. The number of amides is 1. The lowest BCUT2D eigenvalue weighted by Gasteiger charge is -2.16. The lowest BCUT2D eigenvalue weighted by atomic mass is 9.96. The topological polar surface area (TPSA) is 59.4 Å². The summed E-state index contributed by atoms with van der Waals surface area (Å²) in [7, 11) is 3.67. The first-order chi connectivity index (χ1) is 10.6. The van der Waals surface area contributed by atoms with E-state index in [1.807, 2.05) is 17.9 Å². The van der Waals surface area contributed by atoms with Crippen molar-refractivity contribution in [3.8, 4) is 0 Å². The molecule has 2 aliphatic rings. The minimum Gasteiger partial charge on any atom is -0.384 e. The van der Waals surface area contributed by atoms with Crippen molar-refractivity contribution in [2.24, 2.45) is 18.9 Å². The largest absolute Gasteiger partial charge is 0.384 e. The number of aryl methyl sites for hydroxylation is 1. The van der Waals surface area contributed by atoms with Crippen molar-refractivity contribution in [1.29, 1.82) is 0 Å². The smallest absolute Gasteiger partial charge is 0.225 e. The normalized spacial score (nSPS) is 25.6. The second kappa shape index (κ2) is 6.38. The Bertz CT molecular complexity index is 538. The molecule has 1 aromatic heterocycles. The first-order valence-electron chi connectivity index (χ1n) is 8.07. The number of carbonyl (C=O) groups excluding carboxylic acids is 1. The number of ether oxygens (including phenoxy) is 1. The van der Waals surface area contributed by atoms with Gasteiger partial charge in [-0.3, -0.25) is 14.4 Å². The number of aromatic nitrogens is 2. The Morgan fingerprint density at radius 2 is 2.23 bits per heavy atom. The molecule has 1 aromatic rings. The van der Waals surface area contributed by atoms with Crippen LogP contribution in [0.25, 0.3) is 0 Å². The summed E-state index contributed by atoms with van der Waals surface area (Å²) in [6, 6.07) is 0.422. The number of carbonyl (C=O) groups is 1. The number of methoxy groups -OCH3 is 1. The number of hydrogen-bond acceptors (Lipinski definition) is 4. The van der Waals surface area contributed by atoms with Gasteiger partial charge in [-0.05, 0) is 19.8 Å². The highest BCUT2D eigenvalue weighted by molar-refractivity contribution is 5.80. The van der Waals surface area contributed by atoms with Gasteiger partial charge in [0.25, 0.3) is 0 Å². The van der Waals surface area contributed by atoms with Gasteiger partial charge in [0.2, 0.25) is 5.91 Å².